The molecule has 0 bridgehead atoms. The van der Waals surface area contributed by atoms with Crippen molar-refractivity contribution in [3.63, 3.8) is 0 Å². The summed E-state index contributed by atoms with van der Waals surface area (Å²) >= 11 is 0. The monoisotopic (exact) mass is 334 g/mol. The summed E-state index contributed by atoms with van der Waals surface area (Å²) in [4.78, 5) is 22.7. The average molecular weight is 334 g/mol. The van der Waals surface area contributed by atoms with E-state index in [2.05, 4.69) is 22.2 Å². The summed E-state index contributed by atoms with van der Waals surface area (Å²) in [6, 6.07) is 4.52. The standard InChI is InChI=1S/C17H20F2N4O/c1-4-5-8-23(3)16-10-15(20-11(2)21-16)17(24)22-14-7-6-12(18)9-13(14)19/h6-7,9-10H,4-5,8H2,1-3H3,(H,22,24). The number of anilines is 2. The summed E-state index contributed by atoms with van der Waals surface area (Å²) in [6.07, 6.45) is 2.05. The van der Waals surface area contributed by atoms with Crippen LogP contribution in [0.15, 0.2) is 24.3 Å². The number of nitrogens with zero attached hydrogens (tertiary/aromatic N) is 3. The number of unbranched alkanes of at least 4 members (excludes halogenated alkanes) is 1. The van der Waals surface area contributed by atoms with E-state index in [1.165, 1.54) is 6.07 Å². The normalized spacial score (nSPS) is 10.5. The number of carbonyl (C=O) groups is 1. The van der Waals surface area contributed by atoms with Gasteiger partial charge in [-0.25, -0.2) is 18.7 Å². The smallest absolute Gasteiger partial charge is 0.274 e. The Morgan fingerprint density at radius 1 is 1.25 bits per heavy atom. The van der Waals surface area contributed by atoms with Crippen molar-refractivity contribution in [2.75, 3.05) is 23.8 Å². The first kappa shape index (κ1) is 17.8. The maximum Gasteiger partial charge on any atom is 0.274 e. The molecule has 0 unspecified atom stereocenters. The van der Waals surface area contributed by atoms with Gasteiger partial charge in [-0.1, -0.05) is 13.3 Å². The Labute approximate surface area is 139 Å². The van der Waals surface area contributed by atoms with Crippen LogP contribution in [-0.2, 0) is 0 Å². The lowest BCUT2D eigenvalue weighted by Gasteiger charge is -2.18. The first-order chi connectivity index (χ1) is 11.4. The van der Waals surface area contributed by atoms with Crippen molar-refractivity contribution in [1.82, 2.24) is 9.97 Å². The van der Waals surface area contributed by atoms with E-state index in [4.69, 9.17) is 0 Å². The lowest BCUT2D eigenvalue weighted by atomic mass is 10.2. The topological polar surface area (TPSA) is 58.1 Å². The Kier molecular flexibility index (Phi) is 5.78. The summed E-state index contributed by atoms with van der Waals surface area (Å²) in [6.45, 7) is 4.59. The molecule has 0 radical (unpaired) electrons. The molecule has 0 atom stereocenters. The SMILES string of the molecule is CCCCN(C)c1cc(C(=O)Nc2ccc(F)cc2F)nc(C)n1. The fourth-order valence-corrected chi connectivity index (χ4v) is 2.15. The molecule has 128 valence electrons. The van der Waals surface area contributed by atoms with Crippen LogP contribution >= 0.6 is 0 Å². The van der Waals surface area contributed by atoms with Gasteiger partial charge < -0.3 is 10.2 Å². The van der Waals surface area contributed by atoms with Gasteiger partial charge in [0, 0.05) is 25.7 Å². The van der Waals surface area contributed by atoms with Crippen molar-refractivity contribution in [1.29, 1.82) is 0 Å². The summed E-state index contributed by atoms with van der Waals surface area (Å²) in [7, 11) is 1.89. The fraction of sp³-hybridized carbons (Fsp3) is 0.353. The predicted octanol–water partition coefficient (Wildman–Crippen LogP) is 3.55. The Hall–Kier alpha value is -2.57. The van der Waals surface area contributed by atoms with E-state index in [0.29, 0.717) is 17.7 Å². The molecule has 0 aliphatic heterocycles. The Morgan fingerprint density at radius 2 is 2.00 bits per heavy atom. The number of aromatic nitrogens is 2. The molecule has 0 spiro atoms. The Bertz CT molecular complexity index is 737. The zero-order valence-electron chi connectivity index (χ0n) is 13.9. The van der Waals surface area contributed by atoms with Gasteiger partial charge in [0.15, 0.2) is 0 Å². The zero-order valence-corrected chi connectivity index (χ0v) is 13.9. The zero-order chi connectivity index (χ0) is 17.7. The van der Waals surface area contributed by atoms with Gasteiger partial charge in [-0.3, -0.25) is 4.79 Å². The molecule has 0 aliphatic rings. The third-order valence-electron chi connectivity index (χ3n) is 3.47. The minimum atomic E-state index is -0.839. The van der Waals surface area contributed by atoms with Crippen LogP contribution in [-0.4, -0.2) is 29.5 Å². The van der Waals surface area contributed by atoms with Gasteiger partial charge in [-0.05, 0) is 25.5 Å². The quantitative estimate of drug-likeness (QED) is 0.878. The minimum Gasteiger partial charge on any atom is -0.360 e. The van der Waals surface area contributed by atoms with Crippen molar-refractivity contribution in [3.8, 4) is 0 Å². The first-order valence-electron chi connectivity index (χ1n) is 7.74. The fourth-order valence-electron chi connectivity index (χ4n) is 2.15. The number of benzene rings is 1. The maximum atomic E-state index is 13.7. The second-order valence-corrected chi connectivity index (χ2v) is 5.51. The predicted molar refractivity (Wildman–Crippen MR) is 89.3 cm³/mol. The Morgan fingerprint density at radius 3 is 2.67 bits per heavy atom. The van der Waals surface area contributed by atoms with E-state index >= 15 is 0 Å². The van der Waals surface area contributed by atoms with E-state index < -0.39 is 17.5 Å². The molecule has 7 heteroatoms. The molecule has 24 heavy (non-hydrogen) atoms. The molecule has 1 heterocycles. The molecular weight excluding hydrogens is 314 g/mol. The summed E-state index contributed by atoms with van der Waals surface area (Å²) in [5.41, 5.74) is 0.0307. The van der Waals surface area contributed by atoms with E-state index in [1.807, 2.05) is 11.9 Å². The molecular formula is C17H20F2N4O. The summed E-state index contributed by atoms with van der Waals surface area (Å²) < 4.78 is 26.6. The number of carbonyl (C=O) groups excluding carboxylic acids is 1. The van der Waals surface area contributed by atoms with Crippen LogP contribution in [0.1, 0.15) is 36.1 Å². The van der Waals surface area contributed by atoms with Gasteiger partial charge in [0.25, 0.3) is 5.91 Å². The third kappa shape index (κ3) is 4.47. The average Bonchev–Trinajstić information content (AvgIpc) is 2.54. The van der Waals surface area contributed by atoms with Crippen LogP contribution in [0.5, 0.6) is 0 Å². The van der Waals surface area contributed by atoms with Crippen LogP contribution in [0.2, 0.25) is 0 Å². The largest absolute Gasteiger partial charge is 0.360 e. The second-order valence-electron chi connectivity index (χ2n) is 5.51. The number of amides is 1. The number of nitrogens with one attached hydrogen (secondary N) is 1. The molecule has 1 aromatic carbocycles. The second kappa shape index (κ2) is 7.81. The van der Waals surface area contributed by atoms with Crippen LogP contribution in [0.4, 0.5) is 20.3 Å². The van der Waals surface area contributed by atoms with Crippen LogP contribution in [0.25, 0.3) is 0 Å². The van der Waals surface area contributed by atoms with Crippen molar-refractivity contribution in [3.05, 3.63) is 47.4 Å². The van der Waals surface area contributed by atoms with Crippen LogP contribution < -0.4 is 10.2 Å². The van der Waals surface area contributed by atoms with Crippen molar-refractivity contribution in [2.45, 2.75) is 26.7 Å². The van der Waals surface area contributed by atoms with Gasteiger partial charge in [-0.2, -0.15) is 0 Å². The number of rotatable bonds is 6. The Balaban J connectivity index is 2.21. The van der Waals surface area contributed by atoms with E-state index in [0.717, 1.165) is 25.5 Å². The van der Waals surface area contributed by atoms with Crippen LogP contribution in [0.3, 0.4) is 0 Å². The molecule has 2 aromatic rings. The molecule has 5 nitrogen and oxygen atoms in total. The van der Waals surface area contributed by atoms with Crippen LogP contribution in [0, 0.1) is 18.6 Å². The highest BCUT2D eigenvalue weighted by Crippen LogP contribution is 2.17. The maximum absolute atomic E-state index is 13.7. The van der Waals surface area contributed by atoms with E-state index in [9.17, 15) is 13.6 Å². The molecule has 0 saturated heterocycles. The lowest BCUT2D eigenvalue weighted by molar-refractivity contribution is 0.102. The molecule has 0 fully saturated rings. The number of halogens is 2. The summed E-state index contributed by atoms with van der Waals surface area (Å²) in [5.74, 6) is -1.05. The highest BCUT2D eigenvalue weighted by Gasteiger charge is 2.14. The lowest BCUT2D eigenvalue weighted by Crippen LogP contribution is -2.22. The van der Waals surface area contributed by atoms with E-state index in [-0.39, 0.29) is 11.4 Å². The molecule has 0 aliphatic carbocycles. The van der Waals surface area contributed by atoms with Gasteiger partial charge in [0.1, 0.15) is 29.0 Å². The third-order valence-corrected chi connectivity index (χ3v) is 3.47. The van der Waals surface area contributed by atoms with Gasteiger partial charge in [0.05, 0.1) is 5.69 Å². The minimum absolute atomic E-state index is 0.0986. The molecule has 1 amide bonds. The van der Waals surface area contributed by atoms with Crippen molar-refractivity contribution < 1.29 is 13.6 Å². The summed E-state index contributed by atoms with van der Waals surface area (Å²) in [5, 5.41) is 2.40. The molecule has 0 saturated carbocycles. The first-order valence-corrected chi connectivity index (χ1v) is 7.74. The molecule has 2 rings (SSSR count). The number of hydrogen-bond acceptors (Lipinski definition) is 4. The number of aryl methyl sites for hydroxylation is 1. The molecule has 1 N–H and O–H groups in total. The van der Waals surface area contributed by atoms with Crippen molar-refractivity contribution in [2.24, 2.45) is 0 Å². The highest BCUT2D eigenvalue weighted by molar-refractivity contribution is 6.03. The van der Waals surface area contributed by atoms with Gasteiger partial charge in [-0.15, -0.1) is 0 Å². The highest BCUT2D eigenvalue weighted by atomic mass is 19.1. The van der Waals surface area contributed by atoms with Crippen molar-refractivity contribution >= 4 is 17.4 Å². The van der Waals surface area contributed by atoms with Gasteiger partial charge >= 0.3 is 0 Å². The number of hydrogen-bond donors (Lipinski definition) is 1. The van der Waals surface area contributed by atoms with E-state index in [1.54, 1.807) is 13.0 Å². The van der Waals surface area contributed by atoms with Gasteiger partial charge in [0.2, 0.25) is 0 Å². The molecule has 1 aromatic heterocycles.